The van der Waals surface area contributed by atoms with Gasteiger partial charge in [-0.1, -0.05) is 19.8 Å². The average Bonchev–Trinajstić information content (AvgIpc) is 2.82. The molecule has 0 aliphatic heterocycles. The number of H-pyrrole nitrogens is 1. The van der Waals surface area contributed by atoms with Crippen LogP contribution < -0.4 is 11.1 Å². The van der Waals surface area contributed by atoms with Crippen LogP contribution in [0.25, 0.3) is 0 Å². The predicted octanol–water partition coefficient (Wildman–Crippen LogP) is 1.97. The van der Waals surface area contributed by atoms with Crippen LogP contribution in [0.4, 0.5) is 0 Å². The molecule has 0 aliphatic rings. The molecule has 1 heterocycles. The number of nitrogens with two attached hydrogens (primary N) is 1. The molecule has 0 amide bonds. The molecule has 1 aromatic rings. The van der Waals surface area contributed by atoms with Crippen molar-refractivity contribution >= 4 is 0 Å². The number of hydrogen-bond donors (Lipinski definition) is 3. The van der Waals surface area contributed by atoms with Crippen molar-refractivity contribution in [2.45, 2.75) is 45.1 Å². The van der Waals surface area contributed by atoms with Crippen LogP contribution in [0.1, 0.15) is 50.9 Å². The summed E-state index contributed by atoms with van der Waals surface area (Å²) in [6, 6.07) is 0.365. The van der Waals surface area contributed by atoms with E-state index >= 15 is 0 Å². The van der Waals surface area contributed by atoms with Crippen LogP contribution >= 0.6 is 0 Å². The lowest BCUT2D eigenvalue weighted by atomic mass is 10.1. The maximum Gasteiger partial charge on any atom is 0.123 e. The van der Waals surface area contributed by atoms with E-state index in [1.165, 1.54) is 19.3 Å². The Morgan fingerprint density at radius 1 is 1.38 bits per heavy atom. The lowest BCUT2D eigenvalue weighted by Crippen LogP contribution is -2.22. The monoisotopic (exact) mass is 224 g/mol. The summed E-state index contributed by atoms with van der Waals surface area (Å²) in [5.41, 5.74) is 5.45. The third kappa shape index (κ3) is 4.77. The lowest BCUT2D eigenvalue weighted by Gasteiger charge is -2.14. The van der Waals surface area contributed by atoms with Gasteiger partial charge in [-0.05, 0) is 32.4 Å². The van der Waals surface area contributed by atoms with E-state index in [4.69, 9.17) is 5.73 Å². The molecule has 4 heteroatoms. The largest absolute Gasteiger partial charge is 0.347 e. The molecule has 0 saturated carbocycles. The molecule has 1 rings (SSSR count). The second-order valence-electron chi connectivity index (χ2n) is 4.09. The summed E-state index contributed by atoms with van der Waals surface area (Å²) in [6.07, 6.45) is 9.62. The molecule has 0 fully saturated rings. The van der Waals surface area contributed by atoms with Crippen LogP contribution in [0.2, 0.25) is 0 Å². The summed E-state index contributed by atoms with van der Waals surface area (Å²) >= 11 is 0. The van der Waals surface area contributed by atoms with Crippen molar-refractivity contribution in [1.82, 2.24) is 15.3 Å². The Bertz CT molecular complexity index is 246. The molecule has 1 atom stereocenters. The molecule has 0 aliphatic carbocycles. The van der Waals surface area contributed by atoms with Gasteiger partial charge in [-0.15, -0.1) is 0 Å². The Morgan fingerprint density at radius 3 is 2.81 bits per heavy atom. The smallest absolute Gasteiger partial charge is 0.123 e. The fourth-order valence-corrected chi connectivity index (χ4v) is 1.80. The van der Waals surface area contributed by atoms with Crippen molar-refractivity contribution in [1.29, 1.82) is 0 Å². The van der Waals surface area contributed by atoms with Crippen molar-refractivity contribution in [2.75, 3.05) is 13.1 Å². The fourth-order valence-electron chi connectivity index (χ4n) is 1.80. The normalized spacial score (nSPS) is 12.9. The number of nitrogens with one attached hydrogen (secondary N) is 2. The Balaban J connectivity index is 2.11. The van der Waals surface area contributed by atoms with E-state index in [0.29, 0.717) is 6.04 Å². The zero-order chi connectivity index (χ0) is 11.6. The summed E-state index contributed by atoms with van der Waals surface area (Å²) < 4.78 is 0. The van der Waals surface area contributed by atoms with Crippen LogP contribution in [-0.4, -0.2) is 23.1 Å². The van der Waals surface area contributed by atoms with Gasteiger partial charge in [-0.3, -0.25) is 0 Å². The van der Waals surface area contributed by atoms with Crippen molar-refractivity contribution in [2.24, 2.45) is 5.73 Å². The third-order valence-corrected chi connectivity index (χ3v) is 2.78. The molecular formula is C12H24N4. The molecule has 0 bridgehead atoms. The zero-order valence-corrected chi connectivity index (χ0v) is 10.2. The minimum absolute atomic E-state index is 0.365. The second-order valence-corrected chi connectivity index (χ2v) is 4.09. The minimum atomic E-state index is 0.365. The first kappa shape index (κ1) is 13.2. The van der Waals surface area contributed by atoms with E-state index in [-0.39, 0.29) is 0 Å². The van der Waals surface area contributed by atoms with Gasteiger partial charge in [0, 0.05) is 12.4 Å². The van der Waals surface area contributed by atoms with Crippen molar-refractivity contribution < 1.29 is 0 Å². The second kappa shape index (κ2) is 8.30. The van der Waals surface area contributed by atoms with Gasteiger partial charge in [0.05, 0.1) is 6.04 Å². The first-order valence-corrected chi connectivity index (χ1v) is 6.31. The van der Waals surface area contributed by atoms with E-state index in [2.05, 4.69) is 22.2 Å². The topological polar surface area (TPSA) is 66.7 Å². The Hall–Kier alpha value is -0.870. The van der Waals surface area contributed by atoms with Gasteiger partial charge in [0.2, 0.25) is 0 Å². The van der Waals surface area contributed by atoms with Gasteiger partial charge < -0.3 is 16.0 Å². The minimum Gasteiger partial charge on any atom is -0.347 e. The van der Waals surface area contributed by atoms with Crippen LogP contribution in [0.5, 0.6) is 0 Å². The molecule has 0 spiro atoms. The van der Waals surface area contributed by atoms with Crippen molar-refractivity contribution in [3.8, 4) is 0 Å². The molecule has 0 saturated heterocycles. The zero-order valence-electron chi connectivity index (χ0n) is 10.2. The molecule has 0 radical (unpaired) electrons. The molecule has 1 unspecified atom stereocenters. The predicted molar refractivity (Wildman–Crippen MR) is 67.1 cm³/mol. The van der Waals surface area contributed by atoms with Gasteiger partial charge in [-0.25, -0.2) is 4.98 Å². The first-order chi connectivity index (χ1) is 7.88. The maximum atomic E-state index is 5.45. The molecule has 4 N–H and O–H groups in total. The molecule has 1 aromatic heterocycles. The summed E-state index contributed by atoms with van der Waals surface area (Å²) in [5, 5.41) is 3.52. The molecule has 16 heavy (non-hydrogen) atoms. The lowest BCUT2D eigenvalue weighted by molar-refractivity contribution is 0.480. The standard InChI is InChI=1S/C12H24N4/c1-2-11(12-15-9-10-16-12)14-8-6-4-3-5-7-13/h9-11,14H,2-8,13H2,1H3,(H,15,16). The number of aromatic nitrogens is 2. The number of nitrogens with zero attached hydrogens (tertiary/aromatic N) is 1. The highest BCUT2D eigenvalue weighted by Crippen LogP contribution is 2.11. The highest BCUT2D eigenvalue weighted by Gasteiger charge is 2.09. The number of aromatic amines is 1. The van der Waals surface area contributed by atoms with E-state index in [0.717, 1.165) is 31.8 Å². The third-order valence-electron chi connectivity index (χ3n) is 2.78. The van der Waals surface area contributed by atoms with E-state index < -0.39 is 0 Å². The number of imidazole rings is 1. The number of rotatable bonds is 9. The first-order valence-electron chi connectivity index (χ1n) is 6.31. The fraction of sp³-hybridized carbons (Fsp3) is 0.750. The number of hydrogen-bond acceptors (Lipinski definition) is 3. The van der Waals surface area contributed by atoms with Gasteiger partial charge in [0.1, 0.15) is 5.82 Å². The van der Waals surface area contributed by atoms with Crippen LogP contribution in [0, 0.1) is 0 Å². The Kier molecular flexibility index (Phi) is 6.85. The summed E-state index contributed by atoms with van der Waals surface area (Å²) in [4.78, 5) is 7.44. The maximum absolute atomic E-state index is 5.45. The van der Waals surface area contributed by atoms with E-state index in [1.54, 1.807) is 6.20 Å². The van der Waals surface area contributed by atoms with E-state index in [9.17, 15) is 0 Å². The SMILES string of the molecule is CCC(NCCCCCCN)c1ncc[nH]1. The summed E-state index contributed by atoms with van der Waals surface area (Å²) in [7, 11) is 0. The van der Waals surface area contributed by atoms with Crippen molar-refractivity contribution in [3.63, 3.8) is 0 Å². The van der Waals surface area contributed by atoms with Crippen LogP contribution in [0.3, 0.4) is 0 Å². The van der Waals surface area contributed by atoms with Crippen LogP contribution in [0.15, 0.2) is 12.4 Å². The molecule has 92 valence electrons. The summed E-state index contributed by atoms with van der Waals surface area (Å²) in [6.45, 7) is 4.05. The Morgan fingerprint density at radius 2 is 2.19 bits per heavy atom. The highest BCUT2D eigenvalue weighted by molar-refractivity contribution is 4.94. The van der Waals surface area contributed by atoms with Gasteiger partial charge in [0.25, 0.3) is 0 Å². The van der Waals surface area contributed by atoms with Crippen molar-refractivity contribution in [3.05, 3.63) is 18.2 Å². The quantitative estimate of drug-likeness (QED) is 0.562. The highest BCUT2D eigenvalue weighted by atomic mass is 15.0. The Labute approximate surface area is 98.0 Å². The van der Waals surface area contributed by atoms with Gasteiger partial charge >= 0.3 is 0 Å². The average molecular weight is 224 g/mol. The van der Waals surface area contributed by atoms with E-state index in [1.807, 2.05) is 6.20 Å². The summed E-state index contributed by atoms with van der Waals surface area (Å²) in [5.74, 6) is 1.05. The van der Waals surface area contributed by atoms with Gasteiger partial charge in [-0.2, -0.15) is 0 Å². The number of unbranched alkanes of at least 4 members (excludes halogenated alkanes) is 3. The van der Waals surface area contributed by atoms with Gasteiger partial charge in [0.15, 0.2) is 0 Å². The molecule has 0 aromatic carbocycles. The molecule has 4 nitrogen and oxygen atoms in total. The molecular weight excluding hydrogens is 200 g/mol. The van der Waals surface area contributed by atoms with Crippen LogP contribution in [-0.2, 0) is 0 Å².